The molecule has 1 aliphatic rings. The molecule has 0 bridgehead atoms. The minimum atomic E-state index is -1.61. The summed E-state index contributed by atoms with van der Waals surface area (Å²) in [5.74, 6) is -2.50. The molecule has 0 aromatic rings. The fraction of sp³-hybridized carbons (Fsp3) is 0.706. The van der Waals surface area contributed by atoms with Crippen LogP contribution in [0.2, 0.25) is 0 Å². The molecule has 1 aliphatic heterocycles. The predicted molar refractivity (Wildman–Crippen MR) is 99.1 cm³/mol. The van der Waals surface area contributed by atoms with E-state index >= 15 is 0 Å². The van der Waals surface area contributed by atoms with E-state index in [4.69, 9.17) is 16.3 Å². The largest absolute Gasteiger partial charge is 0.480 e. The van der Waals surface area contributed by atoms with Gasteiger partial charge in [0.25, 0.3) is 0 Å². The van der Waals surface area contributed by atoms with Gasteiger partial charge in [0.1, 0.15) is 5.60 Å². The van der Waals surface area contributed by atoms with Gasteiger partial charge in [-0.1, -0.05) is 25.4 Å². The molecule has 1 atom stereocenters. The molecule has 0 aliphatic carbocycles. The Morgan fingerprint density at radius 2 is 1.81 bits per heavy atom. The molecule has 1 unspecified atom stereocenters. The molecule has 0 fully saturated rings. The third-order valence-electron chi connectivity index (χ3n) is 4.14. The highest BCUT2D eigenvalue weighted by Crippen LogP contribution is 2.43. The maximum Gasteiger partial charge on any atom is 0.407 e. The van der Waals surface area contributed by atoms with Crippen LogP contribution in [0.15, 0.2) is 10.7 Å². The number of carboxylic acids is 2. The van der Waals surface area contributed by atoms with Crippen LogP contribution in [0.4, 0.5) is 4.79 Å². The van der Waals surface area contributed by atoms with Crippen LogP contribution in [-0.4, -0.2) is 69.0 Å². The van der Waals surface area contributed by atoms with Gasteiger partial charge in [-0.25, -0.2) is 14.4 Å². The third-order valence-corrected chi connectivity index (χ3v) is 4.64. The number of likely N-dealkylation sites (N-methyl/N-ethyl adjacent to an activating group) is 1. The Labute approximate surface area is 163 Å². The lowest BCUT2D eigenvalue weighted by Crippen LogP contribution is -2.56. The van der Waals surface area contributed by atoms with Crippen molar-refractivity contribution >= 4 is 29.6 Å². The zero-order chi connectivity index (χ0) is 21.0. The van der Waals surface area contributed by atoms with Crippen molar-refractivity contribution in [3.63, 3.8) is 0 Å². The summed E-state index contributed by atoms with van der Waals surface area (Å²) in [6.07, 6.45) is -0.0918. The summed E-state index contributed by atoms with van der Waals surface area (Å²) in [7, 11) is 0. The monoisotopic (exact) mass is 405 g/mol. The topological polar surface area (TPSA) is 119 Å². The van der Waals surface area contributed by atoms with Crippen molar-refractivity contribution in [2.45, 2.75) is 58.6 Å². The zero-order valence-electron chi connectivity index (χ0n) is 16.3. The van der Waals surface area contributed by atoms with E-state index in [9.17, 15) is 24.6 Å². The molecule has 3 N–H and O–H groups in total. The van der Waals surface area contributed by atoms with E-state index in [0.29, 0.717) is 6.42 Å². The second kappa shape index (κ2) is 8.79. The number of hydrogen-bond acceptors (Lipinski definition) is 6. The summed E-state index contributed by atoms with van der Waals surface area (Å²) < 4.78 is 5.13. The van der Waals surface area contributed by atoms with Crippen LogP contribution in [0.5, 0.6) is 0 Å². The smallest absolute Gasteiger partial charge is 0.407 e. The molecule has 9 nitrogen and oxygen atoms in total. The summed E-state index contributed by atoms with van der Waals surface area (Å²) in [4.78, 5) is 35.3. The van der Waals surface area contributed by atoms with Crippen LogP contribution in [0, 0.1) is 0 Å². The van der Waals surface area contributed by atoms with Crippen molar-refractivity contribution in [1.29, 1.82) is 0 Å². The van der Waals surface area contributed by atoms with Gasteiger partial charge >= 0.3 is 18.0 Å². The first kappa shape index (κ1) is 23.0. The number of nitrogens with one attached hydrogen (secondary N) is 1. The summed E-state index contributed by atoms with van der Waals surface area (Å²) in [6.45, 7) is 9.29. The van der Waals surface area contributed by atoms with E-state index in [-0.39, 0.29) is 36.8 Å². The molecule has 0 spiro atoms. The maximum atomic E-state index is 11.9. The number of nitrogens with zero attached hydrogens (tertiary/aromatic N) is 2. The first-order valence-electron chi connectivity index (χ1n) is 8.81. The Morgan fingerprint density at radius 3 is 2.22 bits per heavy atom. The molecule has 0 saturated carbocycles. The van der Waals surface area contributed by atoms with Crippen molar-refractivity contribution < 1.29 is 29.3 Å². The van der Waals surface area contributed by atoms with E-state index < -0.39 is 29.2 Å². The Kier molecular flexibility index (Phi) is 7.50. The molecule has 0 radical (unpaired) electrons. The highest BCUT2D eigenvalue weighted by molar-refractivity contribution is 6.35. The molecule has 154 valence electrons. The van der Waals surface area contributed by atoms with Gasteiger partial charge in [0.15, 0.2) is 11.2 Å². The number of hydrogen-bond donors (Lipinski definition) is 3. The van der Waals surface area contributed by atoms with Crippen LogP contribution in [0.3, 0.4) is 0 Å². The number of carbonyl (C=O) groups excluding carboxylic acids is 1. The Hall–Kier alpha value is -2.00. The van der Waals surface area contributed by atoms with Crippen LogP contribution in [0.25, 0.3) is 0 Å². The van der Waals surface area contributed by atoms with Crippen molar-refractivity contribution in [2.75, 3.05) is 19.6 Å². The van der Waals surface area contributed by atoms with Crippen molar-refractivity contribution in [3.8, 4) is 0 Å². The van der Waals surface area contributed by atoms with Gasteiger partial charge < -0.3 is 20.3 Å². The van der Waals surface area contributed by atoms with Crippen molar-refractivity contribution in [1.82, 2.24) is 15.3 Å². The number of carbonyl (C=O) groups is 3. The second-order valence-corrected chi connectivity index (χ2v) is 7.49. The average Bonchev–Trinajstić information content (AvgIpc) is 2.78. The molecule has 0 saturated heterocycles. The van der Waals surface area contributed by atoms with E-state index in [2.05, 4.69) is 5.32 Å². The third kappa shape index (κ3) is 4.84. The minimum absolute atomic E-state index is 0.110. The maximum absolute atomic E-state index is 11.9. The lowest BCUT2D eigenvalue weighted by atomic mass is 9.95. The zero-order valence-corrected chi connectivity index (χ0v) is 17.1. The lowest BCUT2D eigenvalue weighted by Gasteiger charge is -2.39. The molecule has 1 heterocycles. The van der Waals surface area contributed by atoms with Gasteiger partial charge in [-0.05, 0) is 33.6 Å². The lowest BCUT2D eigenvalue weighted by molar-refractivity contribution is -0.158. The number of ether oxygens (including phenoxy) is 1. The van der Waals surface area contributed by atoms with Gasteiger partial charge in [0, 0.05) is 19.6 Å². The number of hydrazine groups is 1. The van der Waals surface area contributed by atoms with E-state index in [1.165, 1.54) is 10.0 Å². The number of alkyl carbamates (subject to hydrolysis) is 1. The first-order chi connectivity index (χ1) is 12.4. The highest BCUT2D eigenvalue weighted by Gasteiger charge is 2.56. The molecule has 27 heavy (non-hydrogen) atoms. The molecule has 0 aromatic carbocycles. The van der Waals surface area contributed by atoms with E-state index in [1.807, 2.05) is 0 Å². The number of carboxylic acid groups (broad SMARTS) is 2. The quantitative estimate of drug-likeness (QED) is 0.526. The minimum Gasteiger partial charge on any atom is -0.480 e. The SMILES string of the molecule is CCN1N(CCCNC(=O)OC(C)(C)C)C(C(=O)O)=C(Cl)C1(CC)C(=O)O. The molecular weight excluding hydrogens is 378 g/mol. The molecule has 1 rings (SSSR count). The molecule has 10 heteroatoms. The van der Waals surface area contributed by atoms with Crippen molar-refractivity contribution in [2.24, 2.45) is 0 Å². The first-order valence-corrected chi connectivity index (χ1v) is 9.19. The molecule has 0 aromatic heterocycles. The Morgan fingerprint density at radius 1 is 1.22 bits per heavy atom. The predicted octanol–water partition coefficient (Wildman–Crippen LogP) is 2.22. The van der Waals surface area contributed by atoms with Gasteiger partial charge in [-0.15, -0.1) is 0 Å². The summed E-state index contributed by atoms with van der Waals surface area (Å²) in [6, 6.07) is 0. The number of amides is 1. The van der Waals surface area contributed by atoms with Crippen LogP contribution in [0.1, 0.15) is 47.5 Å². The van der Waals surface area contributed by atoms with Gasteiger partial charge in [0.05, 0.1) is 5.03 Å². The number of rotatable bonds is 8. The summed E-state index contributed by atoms with van der Waals surface area (Å²) >= 11 is 6.24. The van der Waals surface area contributed by atoms with Gasteiger partial charge in [0.2, 0.25) is 0 Å². The normalized spacial score (nSPS) is 20.7. The van der Waals surface area contributed by atoms with Crippen LogP contribution >= 0.6 is 11.6 Å². The highest BCUT2D eigenvalue weighted by atomic mass is 35.5. The molecule has 1 amide bonds. The van der Waals surface area contributed by atoms with E-state index in [0.717, 1.165) is 0 Å². The van der Waals surface area contributed by atoms with Gasteiger partial charge in [-0.2, -0.15) is 5.01 Å². The standard InChI is InChI=1S/C17H28ClN3O6/c1-6-17(14(24)25)12(18)11(13(22)23)20(21(17)7-2)10-8-9-19-15(26)27-16(3,4)5/h6-10H2,1-5H3,(H,19,26)(H,22,23)(H,24,25). The fourth-order valence-corrected chi connectivity index (χ4v) is 3.54. The number of halogens is 1. The van der Waals surface area contributed by atoms with Gasteiger partial charge in [-0.3, -0.25) is 5.01 Å². The van der Waals surface area contributed by atoms with Crippen molar-refractivity contribution in [3.05, 3.63) is 10.7 Å². The van der Waals surface area contributed by atoms with E-state index in [1.54, 1.807) is 34.6 Å². The summed E-state index contributed by atoms with van der Waals surface area (Å²) in [5.41, 5.74) is -2.48. The fourth-order valence-electron chi connectivity index (χ4n) is 3.05. The second-order valence-electron chi connectivity index (χ2n) is 7.11. The Bertz CT molecular complexity index is 631. The Balaban J connectivity index is 2.91. The van der Waals surface area contributed by atoms with Crippen LogP contribution < -0.4 is 5.32 Å². The molecular formula is C17H28ClN3O6. The average molecular weight is 406 g/mol. The summed E-state index contributed by atoms with van der Waals surface area (Å²) in [5, 5.41) is 24.5. The van der Waals surface area contributed by atoms with Crippen LogP contribution in [-0.2, 0) is 14.3 Å². The number of aliphatic carboxylic acids is 2.